The Balaban J connectivity index is 1.96. The molecule has 0 spiro atoms. The number of rotatable bonds is 6. The van der Waals surface area contributed by atoms with Crippen LogP contribution in [0.15, 0.2) is 47.0 Å². The second-order valence-electron chi connectivity index (χ2n) is 7.19. The van der Waals surface area contributed by atoms with Crippen LogP contribution in [0.2, 0.25) is 0 Å². The number of hydrogen-bond donors (Lipinski definition) is 0. The summed E-state index contributed by atoms with van der Waals surface area (Å²) < 4.78 is 115. The minimum Gasteiger partial charge on any atom is -0.493 e. The standard InChI is InChI=1S/C20H16F3NO10S2/c1-30-13-7-11(8-14-18(13)33-10-32-14)9-24-16(19(25)31-2)17(34-36(28,29)20(21,22)23)12-5-3-4-6-15(12)35(24,26)27/h3-8H,9-10H2,1-2H3. The molecule has 0 N–H and O–H groups in total. The smallest absolute Gasteiger partial charge is 0.493 e. The first-order valence-corrected chi connectivity index (χ1v) is 12.6. The molecule has 0 unspecified atom stereocenters. The Kier molecular flexibility index (Phi) is 6.20. The van der Waals surface area contributed by atoms with Crippen LogP contribution in [0.4, 0.5) is 13.2 Å². The molecule has 0 saturated heterocycles. The van der Waals surface area contributed by atoms with Gasteiger partial charge in [-0.25, -0.2) is 13.2 Å². The lowest BCUT2D eigenvalue weighted by molar-refractivity contribution is -0.137. The number of carbonyl (C=O) groups is 1. The van der Waals surface area contributed by atoms with Gasteiger partial charge in [-0.05, 0) is 29.8 Å². The molecular weight excluding hydrogens is 535 g/mol. The number of ether oxygens (including phenoxy) is 4. The molecule has 0 fully saturated rings. The van der Waals surface area contributed by atoms with E-state index in [9.17, 15) is 34.8 Å². The lowest BCUT2D eigenvalue weighted by atomic mass is 10.1. The molecule has 36 heavy (non-hydrogen) atoms. The Hall–Kier alpha value is -3.66. The maximum absolute atomic E-state index is 13.5. The second kappa shape index (κ2) is 8.77. The number of alkyl halides is 3. The summed E-state index contributed by atoms with van der Waals surface area (Å²) in [5.74, 6) is -2.07. The van der Waals surface area contributed by atoms with E-state index in [-0.39, 0.29) is 29.6 Å². The number of sulfonamides is 1. The molecule has 4 rings (SSSR count). The summed E-state index contributed by atoms with van der Waals surface area (Å²) in [7, 11) is -8.81. The molecule has 2 aromatic carbocycles. The van der Waals surface area contributed by atoms with Gasteiger partial charge < -0.3 is 23.1 Å². The second-order valence-corrected chi connectivity index (χ2v) is 10.6. The molecule has 2 heterocycles. The SMILES string of the molecule is COC(=O)C1=C(OS(=O)(=O)C(F)(F)F)c2ccccc2S(=O)(=O)N1Cc1cc(OC)c2c(c1)OCO2. The normalized spacial score (nSPS) is 16.4. The van der Waals surface area contributed by atoms with Gasteiger partial charge in [0, 0.05) is 5.56 Å². The fourth-order valence-electron chi connectivity index (χ4n) is 3.50. The first-order chi connectivity index (χ1) is 16.8. The number of methoxy groups -OCH3 is 2. The largest absolute Gasteiger partial charge is 0.534 e. The summed E-state index contributed by atoms with van der Waals surface area (Å²) in [5.41, 5.74) is -7.38. The first-order valence-electron chi connectivity index (χ1n) is 9.74. The van der Waals surface area contributed by atoms with Crippen molar-refractivity contribution in [1.82, 2.24) is 4.31 Å². The van der Waals surface area contributed by atoms with Gasteiger partial charge in [0.2, 0.25) is 12.5 Å². The van der Waals surface area contributed by atoms with E-state index in [1.807, 2.05) is 0 Å². The summed E-state index contributed by atoms with van der Waals surface area (Å²) >= 11 is 0. The van der Waals surface area contributed by atoms with Crippen LogP contribution >= 0.6 is 0 Å². The van der Waals surface area contributed by atoms with Crippen LogP contribution in [0.1, 0.15) is 11.1 Å². The fraction of sp³-hybridized carbons (Fsp3) is 0.250. The van der Waals surface area contributed by atoms with E-state index in [0.717, 1.165) is 19.2 Å². The summed E-state index contributed by atoms with van der Waals surface area (Å²) in [4.78, 5) is 12.1. The van der Waals surface area contributed by atoms with Crippen LogP contribution in [0.5, 0.6) is 17.2 Å². The van der Waals surface area contributed by atoms with E-state index in [4.69, 9.17) is 14.2 Å². The van der Waals surface area contributed by atoms with E-state index in [1.54, 1.807) is 0 Å². The van der Waals surface area contributed by atoms with Crippen molar-refractivity contribution in [1.29, 1.82) is 0 Å². The molecule has 2 aliphatic rings. The molecule has 2 aromatic rings. The van der Waals surface area contributed by atoms with Crippen molar-refractivity contribution in [2.75, 3.05) is 21.0 Å². The molecule has 2 aliphatic heterocycles. The molecule has 0 aliphatic carbocycles. The summed E-state index contributed by atoms with van der Waals surface area (Å²) in [6.45, 7) is -0.821. The van der Waals surface area contributed by atoms with E-state index in [1.165, 1.54) is 31.4 Å². The quantitative estimate of drug-likeness (QED) is 0.299. The Labute approximate surface area is 202 Å². The Morgan fingerprint density at radius 3 is 2.47 bits per heavy atom. The molecule has 0 amide bonds. The van der Waals surface area contributed by atoms with Crippen LogP contribution in [0.25, 0.3) is 5.76 Å². The molecule has 194 valence electrons. The molecule has 0 aromatic heterocycles. The van der Waals surface area contributed by atoms with E-state index in [2.05, 4.69) is 8.92 Å². The van der Waals surface area contributed by atoms with Crippen molar-refractivity contribution in [3.05, 3.63) is 53.2 Å². The van der Waals surface area contributed by atoms with Crippen LogP contribution < -0.4 is 14.2 Å². The van der Waals surface area contributed by atoms with Gasteiger partial charge in [-0.1, -0.05) is 12.1 Å². The third kappa shape index (κ3) is 4.15. The van der Waals surface area contributed by atoms with E-state index >= 15 is 0 Å². The molecule has 0 radical (unpaired) electrons. The topological polar surface area (TPSA) is 135 Å². The average molecular weight is 551 g/mol. The van der Waals surface area contributed by atoms with Gasteiger partial charge in [0.1, 0.15) is 0 Å². The van der Waals surface area contributed by atoms with Gasteiger partial charge in [-0.15, -0.1) is 0 Å². The number of carbonyl (C=O) groups excluding carboxylic acids is 1. The highest BCUT2D eigenvalue weighted by Crippen LogP contribution is 2.44. The predicted octanol–water partition coefficient (Wildman–Crippen LogP) is 2.34. The molecule has 0 bridgehead atoms. The van der Waals surface area contributed by atoms with E-state index < -0.39 is 60.1 Å². The fourth-order valence-corrected chi connectivity index (χ4v) is 5.62. The maximum Gasteiger partial charge on any atom is 0.534 e. The van der Waals surface area contributed by atoms with Crippen LogP contribution in [-0.2, 0) is 40.4 Å². The van der Waals surface area contributed by atoms with Gasteiger partial charge in [0.25, 0.3) is 10.0 Å². The highest BCUT2D eigenvalue weighted by molar-refractivity contribution is 7.89. The monoisotopic (exact) mass is 551 g/mol. The lowest BCUT2D eigenvalue weighted by Crippen LogP contribution is -2.39. The Morgan fingerprint density at radius 2 is 1.83 bits per heavy atom. The Bertz CT molecular complexity index is 1480. The number of benzene rings is 2. The van der Waals surface area contributed by atoms with Crippen molar-refractivity contribution in [3.8, 4) is 17.2 Å². The van der Waals surface area contributed by atoms with Crippen LogP contribution in [0, 0.1) is 0 Å². The van der Waals surface area contributed by atoms with Crippen molar-refractivity contribution in [2.45, 2.75) is 16.9 Å². The minimum absolute atomic E-state index is 0.148. The van der Waals surface area contributed by atoms with Gasteiger partial charge in [0.05, 0.1) is 25.7 Å². The molecule has 0 atom stereocenters. The zero-order valence-electron chi connectivity index (χ0n) is 18.4. The minimum atomic E-state index is -6.31. The average Bonchev–Trinajstić information content (AvgIpc) is 3.29. The number of nitrogens with zero attached hydrogens (tertiary/aromatic N) is 1. The van der Waals surface area contributed by atoms with Gasteiger partial charge >= 0.3 is 21.6 Å². The molecule has 0 saturated carbocycles. The predicted molar refractivity (Wildman–Crippen MR) is 113 cm³/mol. The Morgan fingerprint density at radius 1 is 1.14 bits per heavy atom. The maximum atomic E-state index is 13.5. The summed E-state index contributed by atoms with van der Waals surface area (Å²) in [5, 5.41) is 0. The molecule has 16 heteroatoms. The van der Waals surface area contributed by atoms with Crippen molar-refractivity contribution in [3.63, 3.8) is 0 Å². The van der Waals surface area contributed by atoms with E-state index in [0.29, 0.717) is 4.31 Å². The number of fused-ring (bicyclic) bond motifs is 2. The highest BCUT2D eigenvalue weighted by atomic mass is 32.2. The van der Waals surface area contributed by atoms with Crippen molar-refractivity contribution < 1.29 is 57.9 Å². The van der Waals surface area contributed by atoms with Crippen LogP contribution in [-0.4, -0.2) is 53.6 Å². The van der Waals surface area contributed by atoms with Crippen molar-refractivity contribution >= 4 is 31.9 Å². The number of hydrogen-bond acceptors (Lipinski definition) is 10. The lowest BCUT2D eigenvalue weighted by Gasteiger charge is -2.32. The van der Waals surface area contributed by atoms with Gasteiger partial charge in [-0.2, -0.15) is 21.6 Å². The van der Waals surface area contributed by atoms with Crippen molar-refractivity contribution in [2.24, 2.45) is 0 Å². The molecule has 11 nitrogen and oxygen atoms in total. The zero-order valence-corrected chi connectivity index (χ0v) is 20.0. The third-order valence-electron chi connectivity index (χ3n) is 5.06. The zero-order chi connectivity index (χ0) is 26.5. The number of halogens is 3. The summed E-state index contributed by atoms with van der Waals surface area (Å²) in [6.07, 6.45) is 0. The first kappa shape index (κ1) is 25.4. The highest BCUT2D eigenvalue weighted by Gasteiger charge is 2.51. The molecular formula is C20H16F3NO10S2. The third-order valence-corrected chi connectivity index (χ3v) is 7.82. The van der Waals surface area contributed by atoms with Gasteiger partial charge in [-0.3, -0.25) is 4.31 Å². The van der Waals surface area contributed by atoms with Crippen LogP contribution in [0.3, 0.4) is 0 Å². The summed E-state index contributed by atoms with van der Waals surface area (Å²) in [6, 6.07) is 7.23. The number of esters is 1. The van der Waals surface area contributed by atoms with Gasteiger partial charge in [0.15, 0.2) is 23.0 Å².